The Morgan fingerprint density at radius 3 is 2.23 bits per heavy atom. The third-order valence-electron chi connectivity index (χ3n) is 5.15. The van der Waals surface area contributed by atoms with E-state index in [0.29, 0.717) is 12.8 Å². The van der Waals surface area contributed by atoms with Gasteiger partial charge in [-0.1, -0.05) is 40.2 Å². The van der Waals surface area contributed by atoms with Crippen molar-refractivity contribution in [3.05, 3.63) is 81.2 Å². The van der Waals surface area contributed by atoms with E-state index < -0.39 is 0 Å². The van der Waals surface area contributed by atoms with Gasteiger partial charge in [-0.25, -0.2) is 4.39 Å². The lowest BCUT2D eigenvalue weighted by molar-refractivity contribution is -0.122. The van der Waals surface area contributed by atoms with E-state index in [2.05, 4.69) is 21.2 Å². The van der Waals surface area contributed by atoms with E-state index in [1.165, 1.54) is 12.1 Å². The molecule has 1 heterocycles. The van der Waals surface area contributed by atoms with Crippen molar-refractivity contribution in [3.63, 3.8) is 0 Å². The lowest BCUT2D eigenvalue weighted by Crippen LogP contribution is -2.38. The van der Waals surface area contributed by atoms with Gasteiger partial charge >= 0.3 is 0 Å². The summed E-state index contributed by atoms with van der Waals surface area (Å²) in [7, 11) is 0. The van der Waals surface area contributed by atoms with Crippen LogP contribution in [0.5, 0.6) is 0 Å². The van der Waals surface area contributed by atoms with Crippen molar-refractivity contribution in [2.45, 2.75) is 31.1 Å². The van der Waals surface area contributed by atoms with Crippen LogP contribution in [0.15, 0.2) is 64.3 Å². The Labute approximate surface area is 159 Å². The quantitative estimate of drug-likeness (QED) is 0.782. The number of hydrogen-bond acceptors (Lipinski definition) is 2. The summed E-state index contributed by atoms with van der Waals surface area (Å²) in [6.45, 7) is 0. The van der Waals surface area contributed by atoms with Crippen LogP contribution in [0.1, 0.15) is 42.2 Å². The normalized spacial score (nSPS) is 22.8. The van der Waals surface area contributed by atoms with E-state index in [-0.39, 0.29) is 35.8 Å². The molecule has 1 aliphatic heterocycles. The van der Waals surface area contributed by atoms with Crippen LogP contribution >= 0.6 is 15.9 Å². The van der Waals surface area contributed by atoms with Gasteiger partial charge in [0.15, 0.2) is 5.78 Å². The zero-order valence-electron chi connectivity index (χ0n) is 14.0. The third-order valence-corrected chi connectivity index (χ3v) is 5.68. The van der Waals surface area contributed by atoms with Gasteiger partial charge in [0.1, 0.15) is 5.82 Å². The maximum absolute atomic E-state index is 13.2. The number of nitrogens with one attached hydrogen (secondary N) is 1. The topological polar surface area (TPSA) is 46.2 Å². The molecule has 0 unspecified atom stereocenters. The average Bonchev–Trinajstić information content (AvgIpc) is 2.62. The van der Waals surface area contributed by atoms with E-state index >= 15 is 0 Å². The summed E-state index contributed by atoms with van der Waals surface area (Å²) in [5.74, 6) is -0.533. The fourth-order valence-electron chi connectivity index (χ4n) is 3.91. The molecule has 3 nitrogen and oxygen atoms in total. The van der Waals surface area contributed by atoms with Crippen molar-refractivity contribution in [2.24, 2.45) is 0 Å². The molecule has 0 radical (unpaired) electrons. The fourth-order valence-corrected chi connectivity index (χ4v) is 4.17. The van der Waals surface area contributed by atoms with Gasteiger partial charge in [0.2, 0.25) is 5.91 Å². The molecule has 2 atom stereocenters. The predicted octanol–water partition coefficient (Wildman–Crippen LogP) is 4.59. The number of ketones is 1. The van der Waals surface area contributed by atoms with Crippen LogP contribution in [0, 0.1) is 5.82 Å². The molecular formula is C21H17BrFNO2. The van der Waals surface area contributed by atoms with Crippen LogP contribution in [0.3, 0.4) is 0 Å². The zero-order chi connectivity index (χ0) is 18.3. The van der Waals surface area contributed by atoms with E-state index in [1.807, 2.05) is 24.3 Å². The minimum Gasteiger partial charge on any atom is -0.329 e. The van der Waals surface area contributed by atoms with Crippen molar-refractivity contribution >= 4 is 27.6 Å². The molecule has 1 aliphatic carbocycles. The Morgan fingerprint density at radius 2 is 1.54 bits per heavy atom. The van der Waals surface area contributed by atoms with Gasteiger partial charge in [-0.15, -0.1) is 0 Å². The van der Waals surface area contributed by atoms with Crippen molar-refractivity contribution in [1.82, 2.24) is 5.32 Å². The smallest absolute Gasteiger partial charge is 0.225 e. The summed E-state index contributed by atoms with van der Waals surface area (Å²) in [5, 5.41) is 2.91. The second-order valence-electron chi connectivity index (χ2n) is 6.83. The number of Topliss-reactive ketones (excluding diaryl/α,β-unsaturated/α-hetero) is 1. The Balaban J connectivity index is 1.70. The van der Waals surface area contributed by atoms with Gasteiger partial charge in [0.05, 0.1) is 0 Å². The second-order valence-corrected chi connectivity index (χ2v) is 7.74. The number of carbonyl (C=O) groups excluding carboxylic acids is 2. The SMILES string of the molecule is O=C1C[C@H](c2ccc(Br)cc2)C2=C(C[C@H](c3ccc(F)cc3)CC2=O)N1. The van der Waals surface area contributed by atoms with Crippen LogP contribution in [-0.4, -0.2) is 11.7 Å². The minimum absolute atomic E-state index is 0.0363. The average molecular weight is 414 g/mol. The van der Waals surface area contributed by atoms with Crippen LogP contribution in [0.25, 0.3) is 0 Å². The first-order valence-corrected chi connectivity index (χ1v) is 9.37. The molecule has 1 amide bonds. The van der Waals surface area contributed by atoms with Crippen LogP contribution in [-0.2, 0) is 9.59 Å². The first kappa shape index (κ1) is 17.2. The summed E-state index contributed by atoms with van der Waals surface area (Å²) >= 11 is 3.42. The monoisotopic (exact) mass is 413 g/mol. The lowest BCUT2D eigenvalue weighted by Gasteiger charge is -2.34. The van der Waals surface area contributed by atoms with Crippen LogP contribution in [0.4, 0.5) is 4.39 Å². The maximum atomic E-state index is 13.2. The molecule has 0 spiro atoms. The largest absolute Gasteiger partial charge is 0.329 e. The highest BCUT2D eigenvalue weighted by Crippen LogP contribution is 2.42. The molecule has 0 bridgehead atoms. The summed E-state index contributed by atoms with van der Waals surface area (Å²) in [6, 6.07) is 14.0. The van der Waals surface area contributed by atoms with Crippen LogP contribution < -0.4 is 5.32 Å². The molecule has 0 aromatic heterocycles. The third kappa shape index (κ3) is 3.23. The molecule has 0 fully saturated rings. The van der Waals surface area contributed by atoms with Crippen LogP contribution in [0.2, 0.25) is 0 Å². The van der Waals surface area contributed by atoms with Crippen molar-refractivity contribution in [1.29, 1.82) is 0 Å². The van der Waals surface area contributed by atoms with E-state index in [9.17, 15) is 14.0 Å². The first-order chi connectivity index (χ1) is 12.5. The molecule has 0 saturated carbocycles. The highest BCUT2D eigenvalue weighted by atomic mass is 79.9. The highest BCUT2D eigenvalue weighted by Gasteiger charge is 2.38. The van der Waals surface area contributed by atoms with E-state index in [4.69, 9.17) is 0 Å². The summed E-state index contributed by atoms with van der Waals surface area (Å²) < 4.78 is 14.1. The number of amides is 1. The fraction of sp³-hybridized carbons (Fsp3) is 0.238. The number of benzene rings is 2. The van der Waals surface area contributed by atoms with E-state index in [1.54, 1.807) is 12.1 Å². The number of halogens is 2. The molecule has 4 rings (SSSR count). The highest BCUT2D eigenvalue weighted by molar-refractivity contribution is 9.10. The number of rotatable bonds is 2. The molecule has 26 heavy (non-hydrogen) atoms. The standard InChI is InChI=1S/C21H17BrFNO2/c22-15-5-1-13(2-6-15)17-11-20(26)24-18-9-14(10-19(25)21(17)18)12-3-7-16(23)8-4-12/h1-8,14,17H,9-11H2,(H,24,26)/t14-,17+/m0/s1. The molecule has 2 aliphatic rings. The number of allylic oxidation sites excluding steroid dienone is 2. The Kier molecular flexibility index (Phi) is 4.49. The first-order valence-electron chi connectivity index (χ1n) is 8.58. The van der Waals surface area contributed by atoms with Gasteiger partial charge in [-0.3, -0.25) is 9.59 Å². The molecular weight excluding hydrogens is 397 g/mol. The van der Waals surface area contributed by atoms with Gasteiger partial charge in [-0.05, 0) is 47.7 Å². The summed E-state index contributed by atoms with van der Waals surface area (Å²) in [4.78, 5) is 25.2. The Bertz CT molecular complexity index is 903. The Morgan fingerprint density at radius 1 is 0.885 bits per heavy atom. The minimum atomic E-state index is -0.294. The number of hydrogen-bond donors (Lipinski definition) is 1. The molecule has 2 aromatic rings. The van der Waals surface area contributed by atoms with Crippen molar-refractivity contribution in [3.8, 4) is 0 Å². The van der Waals surface area contributed by atoms with Crippen molar-refractivity contribution in [2.75, 3.05) is 0 Å². The van der Waals surface area contributed by atoms with Gasteiger partial charge in [0, 0.05) is 34.5 Å². The molecule has 2 aromatic carbocycles. The predicted molar refractivity (Wildman–Crippen MR) is 100 cm³/mol. The Hall–Kier alpha value is -2.27. The lowest BCUT2D eigenvalue weighted by atomic mass is 9.73. The summed E-state index contributed by atoms with van der Waals surface area (Å²) in [5.41, 5.74) is 3.35. The second kappa shape index (κ2) is 6.80. The van der Waals surface area contributed by atoms with E-state index in [0.717, 1.165) is 26.9 Å². The van der Waals surface area contributed by atoms with Gasteiger partial charge < -0.3 is 5.32 Å². The molecule has 0 saturated heterocycles. The zero-order valence-corrected chi connectivity index (χ0v) is 15.6. The van der Waals surface area contributed by atoms with Gasteiger partial charge in [0.25, 0.3) is 0 Å². The number of carbonyl (C=O) groups is 2. The molecule has 1 N–H and O–H groups in total. The maximum Gasteiger partial charge on any atom is 0.225 e. The summed E-state index contributed by atoms with van der Waals surface area (Å²) in [6.07, 6.45) is 1.26. The molecule has 5 heteroatoms. The molecule has 132 valence electrons. The van der Waals surface area contributed by atoms with Gasteiger partial charge in [-0.2, -0.15) is 0 Å². The van der Waals surface area contributed by atoms with Crippen molar-refractivity contribution < 1.29 is 14.0 Å².